The molecule has 0 aromatic heterocycles. The summed E-state index contributed by atoms with van der Waals surface area (Å²) in [7, 11) is 0. The molecule has 1 aliphatic heterocycles. The first-order valence-corrected chi connectivity index (χ1v) is 11.6. The highest BCUT2D eigenvalue weighted by molar-refractivity contribution is 5.99. The van der Waals surface area contributed by atoms with Gasteiger partial charge in [0.25, 0.3) is 11.6 Å². The third-order valence-electron chi connectivity index (χ3n) is 5.98. The zero-order chi connectivity index (χ0) is 25.7. The van der Waals surface area contributed by atoms with E-state index in [0.717, 1.165) is 11.1 Å². The first-order valence-electron chi connectivity index (χ1n) is 11.6. The lowest BCUT2D eigenvalue weighted by molar-refractivity contribution is -0.384. The average molecular weight is 490 g/mol. The Morgan fingerprint density at radius 3 is 2.44 bits per heavy atom. The van der Waals surface area contributed by atoms with E-state index < -0.39 is 22.9 Å². The second-order valence-corrected chi connectivity index (χ2v) is 8.56. The van der Waals surface area contributed by atoms with Crippen molar-refractivity contribution in [3.8, 4) is 0 Å². The minimum Gasteiger partial charge on any atom is -0.444 e. The van der Waals surface area contributed by atoms with E-state index in [-0.39, 0.29) is 11.3 Å². The number of nitrogens with zero attached hydrogens (tertiary/aromatic N) is 2. The number of nitro groups is 1. The maximum absolute atomic E-state index is 13.3. The summed E-state index contributed by atoms with van der Waals surface area (Å²) in [4.78, 5) is 39.5. The molecular weight excluding hydrogens is 462 g/mol. The maximum atomic E-state index is 13.3. The first kappa shape index (κ1) is 24.9. The van der Waals surface area contributed by atoms with Crippen LogP contribution in [0.15, 0.2) is 66.7 Å². The fourth-order valence-corrected chi connectivity index (χ4v) is 4.01. The second-order valence-electron chi connectivity index (χ2n) is 8.56. The smallest absolute Gasteiger partial charge is 0.339 e. The summed E-state index contributed by atoms with van der Waals surface area (Å²) in [6.45, 7) is 5.74. The molecule has 3 aromatic rings. The van der Waals surface area contributed by atoms with E-state index in [0.29, 0.717) is 43.2 Å². The Labute approximate surface area is 208 Å². The number of esters is 1. The number of aryl methyl sites for hydroxylation is 2. The highest BCUT2D eigenvalue weighted by atomic mass is 16.6. The van der Waals surface area contributed by atoms with Gasteiger partial charge in [0, 0.05) is 30.4 Å². The van der Waals surface area contributed by atoms with Gasteiger partial charge in [-0.25, -0.2) is 4.79 Å². The summed E-state index contributed by atoms with van der Waals surface area (Å²) < 4.78 is 11.0. The van der Waals surface area contributed by atoms with Gasteiger partial charge >= 0.3 is 5.97 Å². The number of benzene rings is 3. The molecule has 9 heteroatoms. The lowest BCUT2D eigenvalue weighted by atomic mass is 10.1. The third-order valence-corrected chi connectivity index (χ3v) is 5.98. The third kappa shape index (κ3) is 5.69. The summed E-state index contributed by atoms with van der Waals surface area (Å²) in [5, 5.41) is 14.6. The van der Waals surface area contributed by atoms with Crippen molar-refractivity contribution in [2.45, 2.75) is 20.0 Å². The van der Waals surface area contributed by atoms with E-state index in [1.165, 1.54) is 18.2 Å². The van der Waals surface area contributed by atoms with E-state index in [1.807, 2.05) is 36.9 Å². The van der Waals surface area contributed by atoms with Crippen molar-refractivity contribution in [1.29, 1.82) is 0 Å². The molecule has 3 aromatic carbocycles. The van der Waals surface area contributed by atoms with Gasteiger partial charge in [-0.05, 0) is 43.2 Å². The predicted molar refractivity (Wildman–Crippen MR) is 135 cm³/mol. The molecule has 1 saturated heterocycles. The summed E-state index contributed by atoms with van der Waals surface area (Å²) in [5.74, 6) is -1.36. The van der Waals surface area contributed by atoms with Crippen LogP contribution in [0.4, 0.5) is 17.1 Å². The molecule has 4 rings (SSSR count). The van der Waals surface area contributed by atoms with Crippen LogP contribution in [0.25, 0.3) is 0 Å². The molecule has 1 unspecified atom stereocenters. The van der Waals surface area contributed by atoms with Gasteiger partial charge in [0.1, 0.15) is 5.69 Å². The Bertz CT molecular complexity index is 1270. The van der Waals surface area contributed by atoms with E-state index in [1.54, 1.807) is 30.3 Å². The fraction of sp³-hybridized carbons (Fsp3) is 0.259. The molecule has 186 valence electrons. The van der Waals surface area contributed by atoms with Crippen LogP contribution >= 0.6 is 0 Å². The van der Waals surface area contributed by atoms with Crippen molar-refractivity contribution in [1.82, 2.24) is 0 Å². The largest absolute Gasteiger partial charge is 0.444 e. The molecule has 1 fully saturated rings. The lowest BCUT2D eigenvalue weighted by Crippen LogP contribution is -2.36. The number of rotatable bonds is 7. The summed E-state index contributed by atoms with van der Waals surface area (Å²) >= 11 is 0. The second kappa shape index (κ2) is 11.0. The van der Waals surface area contributed by atoms with Crippen molar-refractivity contribution in [3.05, 3.63) is 99.1 Å². The van der Waals surface area contributed by atoms with E-state index in [4.69, 9.17) is 9.47 Å². The molecular formula is C27H27N3O6. The fourth-order valence-electron chi connectivity index (χ4n) is 4.01. The molecule has 0 aliphatic carbocycles. The summed E-state index contributed by atoms with van der Waals surface area (Å²) in [5.41, 5.74) is 3.11. The van der Waals surface area contributed by atoms with Crippen LogP contribution in [0.1, 0.15) is 33.2 Å². The molecule has 1 N–H and O–H groups in total. The topological polar surface area (TPSA) is 111 Å². The van der Waals surface area contributed by atoms with Crippen LogP contribution in [-0.2, 0) is 14.3 Å². The molecule has 0 saturated carbocycles. The van der Waals surface area contributed by atoms with Gasteiger partial charge in [0.2, 0.25) is 6.10 Å². The molecule has 0 spiro atoms. The van der Waals surface area contributed by atoms with Crippen LogP contribution in [0.3, 0.4) is 0 Å². The first-order chi connectivity index (χ1) is 17.3. The molecule has 0 radical (unpaired) electrons. The normalized spacial score (nSPS) is 14.1. The number of hydrogen-bond acceptors (Lipinski definition) is 7. The zero-order valence-electron chi connectivity index (χ0n) is 20.1. The number of hydrogen-bond donors (Lipinski definition) is 1. The maximum Gasteiger partial charge on any atom is 0.339 e. The van der Waals surface area contributed by atoms with Crippen LogP contribution < -0.4 is 10.2 Å². The van der Waals surface area contributed by atoms with Gasteiger partial charge in [-0.1, -0.05) is 42.5 Å². The predicted octanol–water partition coefficient (Wildman–Crippen LogP) is 4.59. The summed E-state index contributed by atoms with van der Waals surface area (Å²) in [6.07, 6.45) is -1.25. The van der Waals surface area contributed by atoms with E-state index in [2.05, 4.69) is 5.32 Å². The van der Waals surface area contributed by atoms with Crippen molar-refractivity contribution in [2.75, 3.05) is 36.5 Å². The molecule has 36 heavy (non-hydrogen) atoms. The lowest BCUT2D eigenvalue weighted by Gasteiger charge is -2.28. The standard InChI is InChI=1S/C27H27N3O6/c1-18-8-9-19(2)22(16-18)28-26(31)25(20-6-4-3-5-7-20)36-27(32)21-10-11-23(24(17-21)30(33)34)29-12-14-35-15-13-29/h3-11,16-17,25H,12-15H2,1-2H3,(H,28,31). The Balaban J connectivity index is 1.61. The number of carbonyl (C=O) groups is 2. The van der Waals surface area contributed by atoms with Crippen molar-refractivity contribution in [3.63, 3.8) is 0 Å². The minimum absolute atomic E-state index is 0.0147. The van der Waals surface area contributed by atoms with E-state index in [9.17, 15) is 19.7 Å². The number of amides is 1. The molecule has 0 bridgehead atoms. The number of anilines is 2. The highest BCUT2D eigenvalue weighted by Crippen LogP contribution is 2.31. The van der Waals surface area contributed by atoms with Gasteiger partial charge in [0.15, 0.2) is 0 Å². The Hall–Kier alpha value is -4.24. The number of nitro benzene ring substituents is 1. The highest BCUT2D eigenvalue weighted by Gasteiger charge is 2.28. The Morgan fingerprint density at radius 2 is 1.75 bits per heavy atom. The van der Waals surface area contributed by atoms with Crippen LogP contribution in [0, 0.1) is 24.0 Å². The molecule has 9 nitrogen and oxygen atoms in total. The minimum atomic E-state index is -1.25. The van der Waals surface area contributed by atoms with Crippen LogP contribution in [0.2, 0.25) is 0 Å². The van der Waals surface area contributed by atoms with Gasteiger partial charge < -0.3 is 19.7 Å². The average Bonchev–Trinajstić information content (AvgIpc) is 2.89. The molecule has 1 amide bonds. The number of morpholine rings is 1. The van der Waals surface area contributed by atoms with Crippen LogP contribution in [0.5, 0.6) is 0 Å². The SMILES string of the molecule is Cc1ccc(C)c(NC(=O)C(OC(=O)c2ccc(N3CCOCC3)c([N+](=O)[O-])c2)c2ccccc2)c1. The van der Waals surface area contributed by atoms with Gasteiger partial charge in [-0.2, -0.15) is 0 Å². The number of nitrogens with one attached hydrogen (secondary N) is 1. The molecule has 1 heterocycles. The van der Waals surface area contributed by atoms with Crippen LogP contribution in [-0.4, -0.2) is 43.1 Å². The van der Waals surface area contributed by atoms with Gasteiger partial charge in [-0.3, -0.25) is 14.9 Å². The quantitative estimate of drug-likeness (QED) is 0.294. The zero-order valence-corrected chi connectivity index (χ0v) is 20.1. The Kier molecular flexibility index (Phi) is 7.60. The monoisotopic (exact) mass is 489 g/mol. The van der Waals surface area contributed by atoms with E-state index >= 15 is 0 Å². The molecule has 1 atom stereocenters. The number of ether oxygens (including phenoxy) is 2. The van der Waals surface area contributed by atoms with Crippen molar-refractivity contribution < 1.29 is 24.0 Å². The van der Waals surface area contributed by atoms with Gasteiger partial charge in [-0.15, -0.1) is 0 Å². The number of carbonyl (C=O) groups excluding carboxylic acids is 2. The van der Waals surface area contributed by atoms with Crippen molar-refractivity contribution in [2.24, 2.45) is 0 Å². The summed E-state index contributed by atoms with van der Waals surface area (Å²) in [6, 6.07) is 18.5. The van der Waals surface area contributed by atoms with Gasteiger partial charge in [0.05, 0.1) is 23.7 Å². The Morgan fingerprint density at radius 1 is 1.03 bits per heavy atom. The molecule has 1 aliphatic rings. The van der Waals surface area contributed by atoms with Crippen molar-refractivity contribution >= 4 is 28.9 Å².